The van der Waals surface area contributed by atoms with Crippen molar-refractivity contribution in [2.45, 2.75) is 26.3 Å². The van der Waals surface area contributed by atoms with Crippen molar-refractivity contribution in [3.05, 3.63) is 52.0 Å². The number of halogens is 2. The van der Waals surface area contributed by atoms with Crippen LogP contribution in [0.1, 0.15) is 18.9 Å². The number of anilines is 2. The highest BCUT2D eigenvalue weighted by atomic mass is 35.5. The summed E-state index contributed by atoms with van der Waals surface area (Å²) in [5.41, 5.74) is 1.52. The Kier molecular flexibility index (Phi) is 7.20. The summed E-state index contributed by atoms with van der Waals surface area (Å²) in [4.78, 5) is 13.0. The maximum atomic E-state index is 13.0. The van der Waals surface area contributed by atoms with Crippen LogP contribution in [0.15, 0.2) is 36.4 Å². The molecule has 6 nitrogen and oxygen atoms in total. The fraction of sp³-hybridized carbons (Fsp3) is 0.316. The Bertz CT molecular complexity index is 980. The summed E-state index contributed by atoms with van der Waals surface area (Å²) in [6.07, 6.45) is 1.24. The average molecular weight is 445 g/mol. The number of ether oxygens (including phenoxy) is 1. The number of carbonyl (C=O) groups is 1. The Balaban J connectivity index is 2.48. The maximum Gasteiger partial charge on any atom is 0.248 e. The van der Waals surface area contributed by atoms with Crippen molar-refractivity contribution in [2.75, 3.05) is 23.0 Å². The van der Waals surface area contributed by atoms with Gasteiger partial charge in [-0.15, -0.1) is 0 Å². The van der Waals surface area contributed by atoms with E-state index in [-0.39, 0.29) is 17.1 Å². The zero-order valence-corrected chi connectivity index (χ0v) is 18.3. The first-order chi connectivity index (χ1) is 13.1. The van der Waals surface area contributed by atoms with Crippen LogP contribution in [0.2, 0.25) is 10.0 Å². The predicted octanol–water partition coefficient (Wildman–Crippen LogP) is 4.49. The van der Waals surface area contributed by atoms with Gasteiger partial charge < -0.3 is 10.1 Å². The number of rotatable bonds is 7. The Morgan fingerprint density at radius 2 is 1.89 bits per heavy atom. The highest BCUT2D eigenvalue weighted by Gasteiger charge is 2.33. The molecular weight excluding hydrogens is 423 g/mol. The molecule has 0 saturated heterocycles. The molecule has 0 aliphatic heterocycles. The van der Waals surface area contributed by atoms with Crippen molar-refractivity contribution in [1.82, 2.24) is 0 Å². The van der Waals surface area contributed by atoms with Gasteiger partial charge in [0.2, 0.25) is 15.9 Å². The fourth-order valence-electron chi connectivity index (χ4n) is 2.83. The van der Waals surface area contributed by atoms with E-state index in [1.165, 1.54) is 19.2 Å². The standard InChI is InChI=1S/C19H22Cl2N2O4S/c1-5-16(19(24)22-15-10-12(2)6-9-18(15)27-3)23(28(4,25)26)17-11-13(20)7-8-14(17)21/h6-11,16H,5H2,1-4H3,(H,22,24)/t16-/m0/s1. The quantitative estimate of drug-likeness (QED) is 0.681. The Labute approximate surface area is 175 Å². The molecule has 1 amide bonds. The SMILES string of the molecule is CC[C@@H](C(=O)Nc1cc(C)ccc1OC)N(c1cc(Cl)ccc1Cl)S(C)(=O)=O. The third-order valence-corrected chi connectivity index (χ3v) is 5.81. The number of aryl methyl sites for hydroxylation is 1. The van der Waals surface area contributed by atoms with Gasteiger partial charge in [-0.2, -0.15) is 0 Å². The monoisotopic (exact) mass is 444 g/mol. The minimum atomic E-state index is -3.83. The minimum Gasteiger partial charge on any atom is -0.495 e. The van der Waals surface area contributed by atoms with Gasteiger partial charge in [0.1, 0.15) is 11.8 Å². The fourth-order valence-corrected chi connectivity index (χ4v) is 4.47. The van der Waals surface area contributed by atoms with Crippen LogP contribution in [0, 0.1) is 6.92 Å². The number of nitrogens with one attached hydrogen (secondary N) is 1. The molecule has 0 fully saturated rings. The summed E-state index contributed by atoms with van der Waals surface area (Å²) in [5, 5.41) is 3.25. The van der Waals surface area contributed by atoms with Gasteiger partial charge in [-0.05, 0) is 49.2 Å². The summed E-state index contributed by atoms with van der Waals surface area (Å²) in [5.74, 6) is -0.0339. The van der Waals surface area contributed by atoms with Crippen molar-refractivity contribution in [2.24, 2.45) is 0 Å². The van der Waals surface area contributed by atoms with E-state index >= 15 is 0 Å². The smallest absolute Gasteiger partial charge is 0.248 e. The van der Waals surface area contributed by atoms with Gasteiger partial charge >= 0.3 is 0 Å². The highest BCUT2D eigenvalue weighted by molar-refractivity contribution is 7.92. The van der Waals surface area contributed by atoms with Crippen LogP contribution in [-0.2, 0) is 14.8 Å². The zero-order valence-electron chi connectivity index (χ0n) is 16.0. The molecule has 0 aliphatic carbocycles. The maximum absolute atomic E-state index is 13.0. The molecule has 0 aliphatic rings. The number of nitrogens with zero attached hydrogens (tertiary/aromatic N) is 1. The topological polar surface area (TPSA) is 75.7 Å². The van der Waals surface area contributed by atoms with Crippen LogP contribution >= 0.6 is 23.2 Å². The number of hydrogen-bond donors (Lipinski definition) is 1. The first-order valence-corrected chi connectivity index (χ1v) is 11.1. The molecule has 0 unspecified atom stereocenters. The van der Waals surface area contributed by atoms with Gasteiger partial charge in [-0.25, -0.2) is 8.42 Å². The second kappa shape index (κ2) is 9.03. The average Bonchev–Trinajstić information content (AvgIpc) is 2.61. The summed E-state index contributed by atoms with van der Waals surface area (Å²) in [6.45, 7) is 3.59. The third kappa shape index (κ3) is 5.10. The summed E-state index contributed by atoms with van der Waals surface area (Å²) in [7, 11) is -2.34. The van der Waals surface area contributed by atoms with Crippen LogP contribution in [0.5, 0.6) is 5.75 Å². The Morgan fingerprint density at radius 3 is 2.46 bits per heavy atom. The molecule has 1 atom stereocenters. The van der Waals surface area contributed by atoms with Gasteiger partial charge in [0, 0.05) is 5.02 Å². The molecule has 1 N–H and O–H groups in total. The van der Waals surface area contributed by atoms with Gasteiger partial charge in [0.15, 0.2) is 0 Å². The van der Waals surface area contributed by atoms with Gasteiger partial charge in [-0.1, -0.05) is 36.2 Å². The highest BCUT2D eigenvalue weighted by Crippen LogP contribution is 2.33. The molecular formula is C19H22Cl2N2O4S. The number of amides is 1. The van der Waals surface area contributed by atoms with Crippen LogP contribution in [-0.4, -0.2) is 33.7 Å². The second-order valence-corrected chi connectivity index (χ2v) is 8.97. The molecule has 0 spiro atoms. The van der Waals surface area contributed by atoms with E-state index in [1.807, 2.05) is 13.0 Å². The molecule has 0 radical (unpaired) electrons. The third-order valence-electron chi connectivity index (χ3n) is 4.09. The molecule has 0 heterocycles. The summed E-state index contributed by atoms with van der Waals surface area (Å²) in [6, 6.07) is 8.76. The lowest BCUT2D eigenvalue weighted by atomic mass is 10.1. The molecule has 0 bridgehead atoms. The lowest BCUT2D eigenvalue weighted by Gasteiger charge is -2.31. The first kappa shape index (κ1) is 22.3. The van der Waals surface area contributed by atoms with E-state index in [0.717, 1.165) is 16.1 Å². The van der Waals surface area contributed by atoms with Crippen LogP contribution in [0.4, 0.5) is 11.4 Å². The second-order valence-electron chi connectivity index (χ2n) is 6.27. The number of benzene rings is 2. The molecule has 9 heteroatoms. The molecule has 2 rings (SSSR count). The van der Waals surface area contributed by atoms with E-state index < -0.39 is 22.0 Å². The normalized spacial score (nSPS) is 12.4. The van der Waals surface area contributed by atoms with E-state index in [4.69, 9.17) is 27.9 Å². The molecule has 2 aromatic carbocycles. The molecule has 28 heavy (non-hydrogen) atoms. The first-order valence-electron chi connectivity index (χ1n) is 8.48. The lowest BCUT2D eigenvalue weighted by molar-refractivity contribution is -0.117. The van der Waals surface area contributed by atoms with Crippen molar-refractivity contribution >= 4 is 50.5 Å². The van der Waals surface area contributed by atoms with Crippen molar-refractivity contribution in [3.8, 4) is 5.75 Å². The molecule has 0 aromatic heterocycles. The zero-order chi connectivity index (χ0) is 21.1. The van der Waals surface area contributed by atoms with Crippen molar-refractivity contribution in [3.63, 3.8) is 0 Å². The minimum absolute atomic E-state index is 0.148. The van der Waals surface area contributed by atoms with Crippen LogP contribution in [0.25, 0.3) is 0 Å². The molecule has 152 valence electrons. The molecule has 2 aromatic rings. The number of methoxy groups -OCH3 is 1. The van der Waals surface area contributed by atoms with Crippen LogP contribution < -0.4 is 14.4 Å². The van der Waals surface area contributed by atoms with Crippen LogP contribution in [0.3, 0.4) is 0 Å². The Morgan fingerprint density at radius 1 is 1.21 bits per heavy atom. The van der Waals surface area contributed by atoms with Gasteiger partial charge in [0.05, 0.1) is 29.8 Å². The predicted molar refractivity (Wildman–Crippen MR) is 114 cm³/mol. The number of carbonyl (C=O) groups excluding carboxylic acids is 1. The van der Waals surface area contributed by atoms with Gasteiger partial charge in [-0.3, -0.25) is 9.10 Å². The largest absolute Gasteiger partial charge is 0.495 e. The van der Waals surface area contributed by atoms with Gasteiger partial charge in [0.25, 0.3) is 0 Å². The Hall–Kier alpha value is -1.96. The summed E-state index contributed by atoms with van der Waals surface area (Å²) >= 11 is 12.2. The van der Waals surface area contributed by atoms with E-state index in [1.54, 1.807) is 25.1 Å². The van der Waals surface area contributed by atoms with E-state index in [9.17, 15) is 13.2 Å². The van der Waals surface area contributed by atoms with E-state index in [2.05, 4.69) is 5.32 Å². The lowest BCUT2D eigenvalue weighted by Crippen LogP contribution is -2.47. The number of sulfonamides is 1. The van der Waals surface area contributed by atoms with Crippen molar-refractivity contribution < 1.29 is 17.9 Å². The molecule has 0 saturated carbocycles. The van der Waals surface area contributed by atoms with E-state index in [0.29, 0.717) is 16.5 Å². The van der Waals surface area contributed by atoms with Crippen molar-refractivity contribution in [1.29, 1.82) is 0 Å². The summed E-state index contributed by atoms with van der Waals surface area (Å²) < 4.78 is 31.4. The number of hydrogen-bond acceptors (Lipinski definition) is 4.